The molecule has 7 heteroatoms. The minimum absolute atomic E-state index is 0.0893. The highest BCUT2D eigenvalue weighted by molar-refractivity contribution is 5.65. The second-order valence-electron chi connectivity index (χ2n) is 5.14. The smallest absolute Gasteiger partial charge is 0.407 e. The predicted molar refractivity (Wildman–Crippen MR) is 73.6 cm³/mol. The molecule has 0 aromatic heterocycles. The van der Waals surface area contributed by atoms with Gasteiger partial charge in [0.15, 0.2) is 0 Å². The first kappa shape index (κ1) is 16.0. The van der Waals surface area contributed by atoms with Crippen molar-refractivity contribution in [3.8, 4) is 11.8 Å². The number of carbonyl (C=O) groups is 1. The molecule has 1 aliphatic rings. The summed E-state index contributed by atoms with van der Waals surface area (Å²) in [7, 11) is 0. The Morgan fingerprint density at radius 2 is 2.23 bits per heavy atom. The Hall–Kier alpha value is -2.36. The van der Waals surface area contributed by atoms with Crippen molar-refractivity contribution >= 4 is 6.09 Å². The minimum Gasteiger partial charge on any atom is -0.492 e. The summed E-state index contributed by atoms with van der Waals surface area (Å²) in [5.41, 5.74) is -0.347. The number of ether oxygens (including phenoxy) is 1. The number of amides is 1. The lowest BCUT2D eigenvalue weighted by Gasteiger charge is -2.33. The zero-order valence-electron chi connectivity index (χ0n) is 11.9. The average Bonchev–Trinajstić information content (AvgIpc) is 2.47. The minimum atomic E-state index is -0.973. The molecule has 1 heterocycles. The van der Waals surface area contributed by atoms with Crippen molar-refractivity contribution in [2.45, 2.75) is 31.7 Å². The van der Waals surface area contributed by atoms with E-state index in [1.165, 1.54) is 4.90 Å². The summed E-state index contributed by atoms with van der Waals surface area (Å²) in [5.74, 6) is -1.95. The van der Waals surface area contributed by atoms with Crippen molar-refractivity contribution in [1.82, 2.24) is 4.90 Å². The SMILES string of the molecule is N#Cc1c(F)cc(F)cc1OCCC1CCCCN1C(=O)O. The van der Waals surface area contributed by atoms with Gasteiger partial charge in [-0.1, -0.05) is 0 Å². The number of likely N-dealkylation sites (tertiary alicyclic amines) is 1. The summed E-state index contributed by atoms with van der Waals surface area (Å²) >= 11 is 0. The van der Waals surface area contributed by atoms with Crippen LogP contribution in [0.2, 0.25) is 0 Å². The Labute approximate surface area is 126 Å². The van der Waals surface area contributed by atoms with E-state index in [9.17, 15) is 13.6 Å². The molecule has 0 saturated carbocycles. The molecular weight excluding hydrogens is 294 g/mol. The van der Waals surface area contributed by atoms with Gasteiger partial charge in [-0.3, -0.25) is 0 Å². The highest BCUT2D eigenvalue weighted by Crippen LogP contribution is 2.24. The molecule has 0 spiro atoms. The summed E-state index contributed by atoms with van der Waals surface area (Å²) in [6.45, 7) is 0.573. The number of benzene rings is 1. The number of nitriles is 1. The van der Waals surface area contributed by atoms with Gasteiger partial charge in [0.25, 0.3) is 0 Å². The number of halogens is 2. The molecule has 2 rings (SSSR count). The maximum absolute atomic E-state index is 13.4. The van der Waals surface area contributed by atoms with Gasteiger partial charge in [0.2, 0.25) is 0 Å². The van der Waals surface area contributed by atoms with Gasteiger partial charge in [-0.05, 0) is 19.3 Å². The van der Waals surface area contributed by atoms with Crippen LogP contribution in [0.3, 0.4) is 0 Å². The third-order valence-electron chi connectivity index (χ3n) is 3.71. The first-order valence-electron chi connectivity index (χ1n) is 7.04. The molecule has 1 saturated heterocycles. The summed E-state index contributed by atoms with van der Waals surface area (Å²) in [6, 6.07) is 3.04. The standard InChI is InChI=1S/C15H16F2N2O3/c16-10-7-13(17)12(9-18)14(8-10)22-6-4-11-3-1-2-5-19(11)15(20)21/h7-8,11H,1-6H2,(H,20,21). The number of hydrogen-bond donors (Lipinski definition) is 1. The Morgan fingerprint density at radius 1 is 1.45 bits per heavy atom. The molecule has 118 valence electrons. The normalized spacial score (nSPS) is 17.9. The Morgan fingerprint density at radius 3 is 2.91 bits per heavy atom. The monoisotopic (exact) mass is 310 g/mol. The summed E-state index contributed by atoms with van der Waals surface area (Å²) in [6.07, 6.45) is 1.94. The van der Waals surface area contributed by atoms with Gasteiger partial charge in [0.05, 0.1) is 6.61 Å². The van der Waals surface area contributed by atoms with Crippen LogP contribution in [0.1, 0.15) is 31.2 Å². The third-order valence-corrected chi connectivity index (χ3v) is 3.71. The van der Waals surface area contributed by atoms with E-state index >= 15 is 0 Å². The lowest BCUT2D eigenvalue weighted by atomic mass is 10.0. The largest absolute Gasteiger partial charge is 0.492 e. The van der Waals surface area contributed by atoms with E-state index in [0.717, 1.165) is 25.3 Å². The van der Waals surface area contributed by atoms with Crippen LogP contribution in [-0.4, -0.2) is 35.3 Å². The highest BCUT2D eigenvalue weighted by atomic mass is 19.1. The maximum Gasteiger partial charge on any atom is 0.407 e. The highest BCUT2D eigenvalue weighted by Gasteiger charge is 2.26. The first-order chi connectivity index (χ1) is 10.5. The molecule has 1 aromatic rings. The molecule has 0 aliphatic carbocycles. The first-order valence-corrected chi connectivity index (χ1v) is 7.04. The number of hydrogen-bond acceptors (Lipinski definition) is 3. The van der Waals surface area contributed by atoms with Crippen LogP contribution < -0.4 is 4.74 Å². The lowest BCUT2D eigenvalue weighted by molar-refractivity contribution is 0.0967. The molecule has 1 aromatic carbocycles. The fourth-order valence-corrected chi connectivity index (χ4v) is 2.63. The van der Waals surface area contributed by atoms with Crippen molar-refractivity contribution in [2.75, 3.05) is 13.2 Å². The van der Waals surface area contributed by atoms with Crippen molar-refractivity contribution in [2.24, 2.45) is 0 Å². The molecule has 22 heavy (non-hydrogen) atoms. The van der Waals surface area contributed by atoms with Crippen LogP contribution in [0, 0.1) is 23.0 Å². The zero-order valence-corrected chi connectivity index (χ0v) is 11.9. The lowest BCUT2D eigenvalue weighted by Crippen LogP contribution is -2.43. The van der Waals surface area contributed by atoms with E-state index in [4.69, 9.17) is 15.1 Å². The number of nitrogens with zero attached hydrogens (tertiary/aromatic N) is 2. The average molecular weight is 310 g/mol. The number of carboxylic acid groups (broad SMARTS) is 1. The van der Waals surface area contributed by atoms with Gasteiger partial charge in [-0.2, -0.15) is 5.26 Å². The van der Waals surface area contributed by atoms with Gasteiger partial charge >= 0.3 is 6.09 Å². The zero-order chi connectivity index (χ0) is 16.1. The topological polar surface area (TPSA) is 73.6 Å². The molecule has 1 atom stereocenters. The van der Waals surface area contributed by atoms with Gasteiger partial charge in [-0.15, -0.1) is 0 Å². The summed E-state index contributed by atoms with van der Waals surface area (Å²) in [5, 5.41) is 18.0. The Bertz CT molecular complexity index is 601. The fourth-order valence-electron chi connectivity index (χ4n) is 2.63. The van der Waals surface area contributed by atoms with Crippen LogP contribution >= 0.6 is 0 Å². The van der Waals surface area contributed by atoms with Gasteiger partial charge < -0.3 is 14.7 Å². The fraction of sp³-hybridized carbons (Fsp3) is 0.467. The molecular formula is C15H16F2N2O3. The number of piperidine rings is 1. The summed E-state index contributed by atoms with van der Waals surface area (Å²) in [4.78, 5) is 12.5. The van der Waals surface area contributed by atoms with Crippen LogP contribution in [-0.2, 0) is 0 Å². The van der Waals surface area contributed by atoms with Crippen molar-refractivity contribution in [3.05, 3.63) is 29.3 Å². The van der Waals surface area contributed by atoms with E-state index in [1.807, 2.05) is 0 Å². The van der Waals surface area contributed by atoms with E-state index in [0.29, 0.717) is 19.0 Å². The molecule has 5 nitrogen and oxygen atoms in total. The van der Waals surface area contributed by atoms with Crippen LogP contribution in [0.4, 0.5) is 13.6 Å². The van der Waals surface area contributed by atoms with Crippen molar-refractivity contribution < 1.29 is 23.4 Å². The van der Waals surface area contributed by atoms with Crippen molar-refractivity contribution in [3.63, 3.8) is 0 Å². The van der Waals surface area contributed by atoms with Crippen molar-refractivity contribution in [1.29, 1.82) is 5.26 Å². The summed E-state index contributed by atoms with van der Waals surface area (Å²) < 4.78 is 31.9. The van der Waals surface area contributed by atoms with Crippen LogP contribution in [0.25, 0.3) is 0 Å². The molecule has 0 radical (unpaired) electrons. The third kappa shape index (κ3) is 3.64. The number of rotatable bonds is 4. The maximum atomic E-state index is 13.4. The van der Waals surface area contributed by atoms with E-state index in [2.05, 4.69) is 0 Å². The van der Waals surface area contributed by atoms with Gasteiger partial charge in [0, 0.05) is 31.1 Å². The van der Waals surface area contributed by atoms with Crippen LogP contribution in [0.5, 0.6) is 5.75 Å². The van der Waals surface area contributed by atoms with E-state index < -0.39 is 17.7 Å². The second-order valence-corrected chi connectivity index (χ2v) is 5.14. The van der Waals surface area contributed by atoms with E-state index in [-0.39, 0.29) is 24.0 Å². The van der Waals surface area contributed by atoms with Gasteiger partial charge in [0.1, 0.15) is 29.0 Å². The molecule has 1 unspecified atom stereocenters. The second kappa shape index (κ2) is 7.07. The molecule has 1 amide bonds. The molecule has 1 N–H and O–H groups in total. The Kier molecular flexibility index (Phi) is 5.15. The predicted octanol–water partition coefficient (Wildman–Crippen LogP) is 3.14. The molecule has 1 aliphatic heterocycles. The van der Waals surface area contributed by atoms with E-state index in [1.54, 1.807) is 6.07 Å². The quantitative estimate of drug-likeness (QED) is 0.927. The molecule has 0 bridgehead atoms. The molecule has 1 fully saturated rings. The van der Waals surface area contributed by atoms with Gasteiger partial charge in [-0.25, -0.2) is 13.6 Å². The Balaban J connectivity index is 1.99. The van der Waals surface area contributed by atoms with Crippen LogP contribution in [0.15, 0.2) is 12.1 Å².